The number of aromatic nitrogens is 5. The lowest BCUT2D eigenvalue weighted by atomic mass is 9.97. The Hall–Kier alpha value is -2.45. The van der Waals surface area contributed by atoms with Crippen molar-refractivity contribution in [2.75, 3.05) is 56.0 Å². The summed E-state index contributed by atoms with van der Waals surface area (Å²) >= 11 is 0. The van der Waals surface area contributed by atoms with Crippen molar-refractivity contribution in [1.82, 2.24) is 25.1 Å². The second-order valence-electron chi connectivity index (χ2n) is 7.43. The van der Waals surface area contributed by atoms with E-state index in [4.69, 9.17) is 4.52 Å². The molecule has 1 aliphatic rings. The third kappa shape index (κ3) is 3.86. The first-order chi connectivity index (χ1) is 12.3. The van der Waals surface area contributed by atoms with Gasteiger partial charge in [0.05, 0.1) is 0 Å². The summed E-state index contributed by atoms with van der Waals surface area (Å²) in [6, 6.07) is 0. The molecule has 9 heteroatoms. The standard InChI is InChI=1S/C17H28N8O/c1-11(2)13-18-15(23(3)4)21-16(19-13)25-9-7-12(8-10-25)14-20-17(22-26-14)24(5)6/h11-12H,7-10H2,1-6H3. The van der Waals surface area contributed by atoms with Crippen molar-refractivity contribution >= 4 is 17.8 Å². The summed E-state index contributed by atoms with van der Waals surface area (Å²) in [5.41, 5.74) is 0. The molecule has 1 saturated heterocycles. The van der Waals surface area contributed by atoms with Gasteiger partial charge in [-0.2, -0.15) is 19.9 Å². The van der Waals surface area contributed by atoms with Crippen molar-refractivity contribution in [2.24, 2.45) is 0 Å². The SMILES string of the molecule is CC(C)c1nc(N(C)C)nc(N2CCC(c3nc(N(C)C)no3)CC2)n1. The van der Waals surface area contributed by atoms with Crippen LogP contribution in [0, 0.1) is 0 Å². The normalized spacial score (nSPS) is 15.6. The van der Waals surface area contributed by atoms with Crippen molar-refractivity contribution in [1.29, 1.82) is 0 Å². The number of hydrogen-bond donors (Lipinski definition) is 0. The second kappa shape index (κ2) is 7.43. The molecule has 9 nitrogen and oxygen atoms in total. The molecule has 0 radical (unpaired) electrons. The van der Waals surface area contributed by atoms with Crippen LogP contribution < -0.4 is 14.7 Å². The highest BCUT2D eigenvalue weighted by Gasteiger charge is 2.27. The van der Waals surface area contributed by atoms with Crippen LogP contribution in [0.3, 0.4) is 0 Å². The minimum atomic E-state index is 0.260. The summed E-state index contributed by atoms with van der Waals surface area (Å²) in [6.45, 7) is 5.92. The molecule has 26 heavy (non-hydrogen) atoms. The van der Waals surface area contributed by atoms with Crippen LogP contribution in [-0.4, -0.2) is 66.4 Å². The Kier molecular flexibility index (Phi) is 5.24. The van der Waals surface area contributed by atoms with Gasteiger partial charge in [-0.15, -0.1) is 0 Å². The average Bonchev–Trinajstić information content (AvgIpc) is 3.12. The van der Waals surface area contributed by atoms with Gasteiger partial charge in [0.1, 0.15) is 5.82 Å². The summed E-state index contributed by atoms with van der Waals surface area (Å²) in [5, 5.41) is 4.02. The summed E-state index contributed by atoms with van der Waals surface area (Å²) in [7, 11) is 7.72. The van der Waals surface area contributed by atoms with E-state index in [9.17, 15) is 0 Å². The van der Waals surface area contributed by atoms with Crippen LogP contribution in [0.2, 0.25) is 0 Å². The quantitative estimate of drug-likeness (QED) is 0.793. The molecule has 0 amide bonds. The Morgan fingerprint density at radius 1 is 0.923 bits per heavy atom. The molecule has 1 fully saturated rings. The molecule has 142 valence electrons. The molecule has 0 atom stereocenters. The first-order valence-corrected chi connectivity index (χ1v) is 9.04. The fraction of sp³-hybridized carbons (Fsp3) is 0.706. The highest BCUT2D eigenvalue weighted by molar-refractivity contribution is 5.39. The Bertz CT molecular complexity index is 708. The number of anilines is 3. The van der Waals surface area contributed by atoms with E-state index in [-0.39, 0.29) is 11.8 Å². The molecule has 1 aliphatic heterocycles. The van der Waals surface area contributed by atoms with Crippen molar-refractivity contribution < 1.29 is 4.52 Å². The number of nitrogens with zero attached hydrogens (tertiary/aromatic N) is 8. The molecule has 2 aromatic heterocycles. The van der Waals surface area contributed by atoms with Gasteiger partial charge in [0.25, 0.3) is 5.95 Å². The maximum absolute atomic E-state index is 5.44. The minimum absolute atomic E-state index is 0.260. The van der Waals surface area contributed by atoms with Crippen LogP contribution in [0.25, 0.3) is 0 Å². The van der Waals surface area contributed by atoms with Gasteiger partial charge in [0.15, 0.2) is 0 Å². The molecule has 0 aliphatic carbocycles. The van der Waals surface area contributed by atoms with Crippen LogP contribution in [0.4, 0.5) is 17.8 Å². The predicted molar refractivity (Wildman–Crippen MR) is 101 cm³/mol. The van der Waals surface area contributed by atoms with E-state index in [0.29, 0.717) is 11.9 Å². The van der Waals surface area contributed by atoms with Gasteiger partial charge in [0.2, 0.25) is 17.8 Å². The lowest BCUT2D eigenvalue weighted by molar-refractivity contribution is 0.328. The molecular formula is C17H28N8O. The number of piperidine rings is 1. The van der Waals surface area contributed by atoms with Gasteiger partial charge < -0.3 is 19.2 Å². The molecule has 0 unspecified atom stereocenters. The number of hydrogen-bond acceptors (Lipinski definition) is 9. The minimum Gasteiger partial charge on any atom is -0.347 e. The third-order valence-corrected chi connectivity index (χ3v) is 4.50. The summed E-state index contributed by atoms with van der Waals surface area (Å²) in [4.78, 5) is 24.3. The lowest BCUT2D eigenvalue weighted by Gasteiger charge is -2.31. The van der Waals surface area contributed by atoms with Gasteiger partial charge in [-0.05, 0) is 18.0 Å². The molecular weight excluding hydrogens is 332 g/mol. The van der Waals surface area contributed by atoms with Crippen molar-refractivity contribution in [3.8, 4) is 0 Å². The van der Waals surface area contributed by atoms with Gasteiger partial charge in [-0.25, -0.2) is 0 Å². The van der Waals surface area contributed by atoms with Crippen LogP contribution in [0.15, 0.2) is 4.52 Å². The zero-order valence-corrected chi connectivity index (χ0v) is 16.5. The third-order valence-electron chi connectivity index (χ3n) is 4.50. The molecule has 0 N–H and O–H groups in total. The topological polar surface area (TPSA) is 87.3 Å². The molecule has 0 aromatic carbocycles. The van der Waals surface area contributed by atoms with Gasteiger partial charge in [-0.3, -0.25) is 0 Å². The Labute approximate surface area is 154 Å². The van der Waals surface area contributed by atoms with E-state index in [0.717, 1.165) is 43.6 Å². The summed E-state index contributed by atoms with van der Waals surface area (Å²) in [6.07, 6.45) is 1.88. The summed E-state index contributed by atoms with van der Waals surface area (Å²) < 4.78 is 5.44. The predicted octanol–water partition coefficient (Wildman–Crippen LogP) is 1.89. The monoisotopic (exact) mass is 360 g/mol. The highest BCUT2D eigenvalue weighted by Crippen LogP contribution is 2.30. The Morgan fingerprint density at radius 2 is 1.58 bits per heavy atom. The molecule has 0 spiro atoms. The van der Waals surface area contributed by atoms with E-state index < -0.39 is 0 Å². The second-order valence-corrected chi connectivity index (χ2v) is 7.43. The lowest BCUT2D eigenvalue weighted by Crippen LogP contribution is -2.35. The fourth-order valence-electron chi connectivity index (χ4n) is 2.87. The Morgan fingerprint density at radius 3 is 2.12 bits per heavy atom. The molecule has 3 heterocycles. The first-order valence-electron chi connectivity index (χ1n) is 9.04. The average molecular weight is 360 g/mol. The first kappa shape index (κ1) is 18.3. The van der Waals surface area contributed by atoms with Gasteiger partial charge >= 0.3 is 0 Å². The van der Waals surface area contributed by atoms with Crippen LogP contribution >= 0.6 is 0 Å². The van der Waals surface area contributed by atoms with E-state index >= 15 is 0 Å². The molecule has 0 saturated carbocycles. The van der Waals surface area contributed by atoms with E-state index in [1.54, 1.807) is 0 Å². The Balaban J connectivity index is 1.73. The molecule has 0 bridgehead atoms. The van der Waals surface area contributed by atoms with Crippen LogP contribution in [-0.2, 0) is 0 Å². The maximum atomic E-state index is 5.44. The van der Waals surface area contributed by atoms with Crippen LogP contribution in [0.5, 0.6) is 0 Å². The molecule has 3 rings (SSSR count). The largest absolute Gasteiger partial charge is 0.347 e. The van der Waals surface area contributed by atoms with Gasteiger partial charge in [0, 0.05) is 53.1 Å². The highest BCUT2D eigenvalue weighted by atomic mass is 16.5. The van der Waals surface area contributed by atoms with Gasteiger partial charge in [-0.1, -0.05) is 13.8 Å². The zero-order valence-electron chi connectivity index (χ0n) is 16.5. The van der Waals surface area contributed by atoms with E-state index in [2.05, 4.69) is 43.8 Å². The maximum Gasteiger partial charge on any atom is 0.265 e. The van der Waals surface area contributed by atoms with E-state index in [1.165, 1.54) is 0 Å². The van der Waals surface area contributed by atoms with Crippen molar-refractivity contribution in [3.63, 3.8) is 0 Å². The van der Waals surface area contributed by atoms with E-state index in [1.807, 2.05) is 38.0 Å². The molecule has 2 aromatic rings. The van der Waals surface area contributed by atoms with Crippen molar-refractivity contribution in [3.05, 3.63) is 11.7 Å². The number of rotatable bonds is 5. The fourth-order valence-corrected chi connectivity index (χ4v) is 2.87. The van der Waals surface area contributed by atoms with Crippen molar-refractivity contribution in [2.45, 2.75) is 38.5 Å². The summed E-state index contributed by atoms with van der Waals surface area (Å²) in [5.74, 6) is 4.17. The van der Waals surface area contributed by atoms with Crippen LogP contribution in [0.1, 0.15) is 50.2 Å². The smallest absolute Gasteiger partial charge is 0.265 e. The zero-order chi connectivity index (χ0) is 18.8.